The third-order valence-corrected chi connectivity index (χ3v) is 1.31. The monoisotopic (exact) mass is 139 g/mol. The van der Waals surface area contributed by atoms with Gasteiger partial charge in [0.25, 0.3) is 0 Å². The van der Waals surface area contributed by atoms with E-state index in [9.17, 15) is 9.50 Å². The van der Waals surface area contributed by atoms with Crippen molar-refractivity contribution < 1.29 is 9.50 Å². The lowest BCUT2D eigenvalue weighted by Gasteiger charge is -2.00. The largest absolute Gasteiger partial charge is 0.248 e. The highest BCUT2D eigenvalue weighted by molar-refractivity contribution is 5.16. The number of alkyl halides is 1. The number of hydrogen-bond acceptors (Lipinski definition) is 0. The van der Waals surface area contributed by atoms with Crippen molar-refractivity contribution in [2.45, 2.75) is 6.10 Å². The molecule has 1 rings (SSSR count). The van der Waals surface area contributed by atoms with Crippen molar-refractivity contribution in [2.75, 3.05) is 6.67 Å². The normalized spacial score (nSPS) is 13.0. The van der Waals surface area contributed by atoms with Crippen molar-refractivity contribution in [1.82, 2.24) is 0 Å². The molecule has 1 unspecified atom stereocenters. The molecule has 0 amide bonds. The van der Waals surface area contributed by atoms with E-state index in [0.29, 0.717) is 5.56 Å². The van der Waals surface area contributed by atoms with Crippen LogP contribution in [0.1, 0.15) is 11.7 Å². The van der Waals surface area contributed by atoms with Crippen LogP contribution >= 0.6 is 0 Å². The van der Waals surface area contributed by atoms with Crippen molar-refractivity contribution in [3.8, 4) is 0 Å². The predicted molar refractivity (Wildman–Crippen MR) is 35.8 cm³/mol. The van der Waals surface area contributed by atoms with Crippen LogP contribution in [0.3, 0.4) is 0 Å². The minimum absolute atomic E-state index is 0.519. The molecule has 2 heteroatoms. The highest BCUT2D eigenvalue weighted by Crippen LogP contribution is 2.12. The number of benzene rings is 1. The fourth-order valence-corrected chi connectivity index (χ4v) is 0.757. The first-order valence-electron chi connectivity index (χ1n) is 3.11. The minimum Gasteiger partial charge on any atom is -0.248 e. The van der Waals surface area contributed by atoms with Crippen molar-refractivity contribution in [3.05, 3.63) is 35.9 Å². The summed E-state index contributed by atoms with van der Waals surface area (Å²) in [6, 6.07) is 8.54. The Bertz CT molecular complexity index is 186. The summed E-state index contributed by atoms with van der Waals surface area (Å²) in [5.74, 6) is 0. The van der Waals surface area contributed by atoms with Gasteiger partial charge in [-0.1, -0.05) is 30.3 Å². The molecular weight excluding hydrogens is 131 g/mol. The lowest BCUT2D eigenvalue weighted by atomic mass is 10.1. The van der Waals surface area contributed by atoms with Crippen molar-refractivity contribution in [3.63, 3.8) is 0 Å². The smallest absolute Gasteiger partial charge is 0.146 e. The highest BCUT2D eigenvalue weighted by Gasteiger charge is 2.05. The topological polar surface area (TPSA) is 19.9 Å². The number of halogens is 1. The molecule has 0 aliphatic carbocycles. The van der Waals surface area contributed by atoms with Gasteiger partial charge in [0.15, 0.2) is 0 Å². The van der Waals surface area contributed by atoms with Crippen LogP contribution in [0.15, 0.2) is 30.3 Å². The summed E-state index contributed by atoms with van der Waals surface area (Å²) < 4.78 is 11.8. The molecule has 1 aromatic carbocycles. The molecule has 0 N–H and O–H groups in total. The van der Waals surface area contributed by atoms with Gasteiger partial charge in [0.2, 0.25) is 0 Å². The molecule has 1 aromatic rings. The quantitative estimate of drug-likeness (QED) is 0.598. The van der Waals surface area contributed by atoms with Gasteiger partial charge in [-0.3, -0.25) is 0 Å². The van der Waals surface area contributed by atoms with E-state index in [1.807, 2.05) is 0 Å². The standard InChI is InChI=1S/C8H8FO/c9-6-8(10)7-4-2-1-3-5-7/h1-5,8H,6H2. The number of rotatable bonds is 2. The fourth-order valence-electron chi connectivity index (χ4n) is 0.757. The summed E-state index contributed by atoms with van der Waals surface area (Å²) in [4.78, 5) is 0. The molecule has 1 radical (unpaired) electrons. The molecule has 0 saturated carbocycles. The van der Waals surface area contributed by atoms with E-state index in [4.69, 9.17) is 0 Å². The van der Waals surface area contributed by atoms with E-state index in [2.05, 4.69) is 0 Å². The Morgan fingerprint density at radius 2 is 1.90 bits per heavy atom. The predicted octanol–water partition coefficient (Wildman–Crippen LogP) is 2.13. The third kappa shape index (κ3) is 1.54. The second-order valence-electron chi connectivity index (χ2n) is 2.05. The van der Waals surface area contributed by atoms with Gasteiger partial charge in [0.05, 0.1) is 0 Å². The summed E-state index contributed by atoms with van der Waals surface area (Å²) in [6.45, 7) is -0.829. The molecule has 0 bridgehead atoms. The molecule has 0 aliphatic rings. The molecule has 10 heavy (non-hydrogen) atoms. The Morgan fingerprint density at radius 1 is 1.30 bits per heavy atom. The van der Waals surface area contributed by atoms with Crippen molar-refractivity contribution in [2.24, 2.45) is 0 Å². The van der Waals surface area contributed by atoms with Gasteiger partial charge in [-0.05, 0) is 5.56 Å². The zero-order valence-electron chi connectivity index (χ0n) is 5.46. The summed E-state index contributed by atoms with van der Waals surface area (Å²) >= 11 is 0. The van der Waals surface area contributed by atoms with Crippen molar-refractivity contribution >= 4 is 0 Å². The van der Waals surface area contributed by atoms with Crippen LogP contribution in [-0.2, 0) is 5.11 Å². The second-order valence-corrected chi connectivity index (χ2v) is 2.05. The van der Waals surface area contributed by atoms with E-state index in [1.54, 1.807) is 30.3 Å². The Balaban J connectivity index is 2.75. The van der Waals surface area contributed by atoms with E-state index in [-0.39, 0.29) is 0 Å². The molecular formula is C8H8FO. The third-order valence-electron chi connectivity index (χ3n) is 1.31. The first-order valence-corrected chi connectivity index (χ1v) is 3.11. The van der Waals surface area contributed by atoms with Gasteiger partial charge in [-0.15, -0.1) is 0 Å². The highest BCUT2D eigenvalue weighted by atomic mass is 19.1. The van der Waals surface area contributed by atoms with E-state index in [0.717, 1.165) is 0 Å². The SMILES string of the molecule is [O]C(CF)c1ccccc1. The minimum atomic E-state index is -1.21. The molecule has 0 saturated heterocycles. The van der Waals surface area contributed by atoms with Crippen LogP contribution in [0.5, 0.6) is 0 Å². The van der Waals surface area contributed by atoms with Crippen LogP contribution in [-0.4, -0.2) is 6.67 Å². The molecule has 0 fully saturated rings. The molecule has 53 valence electrons. The maximum absolute atomic E-state index is 11.8. The molecule has 1 atom stereocenters. The van der Waals surface area contributed by atoms with Crippen LogP contribution in [0.2, 0.25) is 0 Å². The molecule has 0 spiro atoms. The summed E-state index contributed by atoms with van der Waals surface area (Å²) in [7, 11) is 0. The van der Waals surface area contributed by atoms with Gasteiger partial charge in [-0.25, -0.2) is 9.50 Å². The van der Waals surface area contributed by atoms with Gasteiger partial charge in [0.1, 0.15) is 12.8 Å². The van der Waals surface area contributed by atoms with Gasteiger partial charge in [-0.2, -0.15) is 0 Å². The fraction of sp³-hybridized carbons (Fsp3) is 0.250. The first kappa shape index (κ1) is 7.22. The average Bonchev–Trinajstić information content (AvgIpc) is 2.05. The van der Waals surface area contributed by atoms with Crippen LogP contribution in [0.25, 0.3) is 0 Å². The molecule has 1 nitrogen and oxygen atoms in total. The maximum Gasteiger partial charge on any atom is 0.146 e. The molecule has 0 aromatic heterocycles. The Kier molecular flexibility index (Phi) is 2.40. The van der Waals surface area contributed by atoms with Crippen LogP contribution < -0.4 is 0 Å². The lowest BCUT2D eigenvalue weighted by Crippen LogP contribution is -1.95. The van der Waals surface area contributed by atoms with Gasteiger partial charge < -0.3 is 0 Å². The Labute approximate surface area is 59.1 Å². The van der Waals surface area contributed by atoms with E-state index < -0.39 is 12.8 Å². The first-order chi connectivity index (χ1) is 4.84. The summed E-state index contributed by atoms with van der Waals surface area (Å²) in [6.07, 6.45) is -1.21. The lowest BCUT2D eigenvalue weighted by molar-refractivity contribution is 0.0648. The van der Waals surface area contributed by atoms with Gasteiger partial charge >= 0.3 is 0 Å². The zero-order chi connectivity index (χ0) is 7.40. The van der Waals surface area contributed by atoms with Gasteiger partial charge in [0, 0.05) is 0 Å². The molecule has 0 heterocycles. The van der Waals surface area contributed by atoms with Crippen molar-refractivity contribution in [1.29, 1.82) is 0 Å². The van der Waals surface area contributed by atoms with Crippen LogP contribution in [0.4, 0.5) is 4.39 Å². The molecule has 0 aliphatic heterocycles. The summed E-state index contributed by atoms with van der Waals surface area (Å²) in [5, 5.41) is 10.7. The van der Waals surface area contributed by atoms with E-state index in [1.165, 1.54) is 0 Å². The zero-order valence-corrected chi connectivity index (χ0v) is 5.46. The Morgan fingerprint density at radius 3 is 2.40 bits per heavy atom. The maximum atomic E-state index is 11.8. The summed E-state index contributed by atoms with van der Waals surface area (Å²) in [5.41, 5.74) is 0.519. The number of hydrogen-bond donors (Lipinski definition) is 0. The van der Waals surface area contributed by atoms with E-state index >= 15 is 0 Å². The van der Waals surface area contributed by atoms with Crippen LogP contribution in [0, 0.1) is 0 Å². The average molecular weight is 139 g/mol. The Hall–Kier alpha value is -0.890. The second kappa shape index (κ2) is 3.32.